The molecule has 0 radical (unpaired) electrons. The maximum absolute atomic E-state index is 12.3. The third-order valence-electron chi connectivity index (χ3n) is 3.88. The van der Waals surface area contributed by atoms with E-state index in [1.807, 2.05) is 19.0 Å². The Labute approximate surface area is 134 Å². The zero-order chi connectivity index (χ0) is 16.4. The molecular formula is C16H19N5O2. The standard InChI is InChI=1S/C16H19N5O2/c1-21(2)16-18-9-10-11(5-3-6-12(10)20-16)19-15(23)14-13(22)7-4-8-17-14/h4,7-9,11,22H,3,5-6H2,1-2H3,(H,19,23). The summed E-state index contributed by atoms with van der Waals surface area (Å²) in [6.07, 6.45) is 5.89. The molecule has 1 amide bonds. The summed E-state index contributed by atoms with van der Waals surface area (Å²) in [5.41, 5.74) is 1.93. The van der Waals surface area contributed by atoms with Crippen molar-refractivity contribution in [3.05, 3.63) is 41.5 Å². The normalized spacial score (nSPS) is 16.5. The number of pyridine rings is 1. The first-order chi connectivity index (χ1) is 11.1. The average Bonchev–Trinajstić information content (AvgIpc) is 2.55. The number of hydrogen-bond donors (Lipinski definition) is 2. The Morgan fingerprint density at radius 3 is 2.96 bits per heavy atom. The fourth-order valence-corrected chi connectivity index (χ4v) is 2.70. The molecule has 0 aliphatic heterocycles. The molecule has 0 bridgehead atoms. The first-order valence-corrected chi connectivity index (χ1v) is 7.54. The Bertz CT molecular complexity index is 732. The largest absolute Gasteiger partial charge is 0.505 e. The van der Waals surface area contributed by atoms with E-state index >= 15 is 0 Å². The highest BCUT2D eigenvalue weighted by molar-refractivity contribution is 5.95. The van der Waals surface area contributed by atoms with Crippen LogP contribution < -0.4 is 10.2 Å². The van der Waals surface area contributed by atoms with Crippen molar-refractivity contribution in [3.8, 4) is 5.75 Å². The lowest BCUT2D eigenvalue weighted by Gasteiger charge is -2.26. The van der Waals surface area contributed by atoms with Crippen LogP contribution in [0.2, 0.25) is 0 Å². The van der Waals surface area contributed by atoms with Crippen LogP contribution in [0.5, 0.6) is 5.75 Å². The Morgan fingerprint density at radius 2 is 2.22 bits per heavy atom. The molecule has 1 atom stereocenters. The molecule has 2 aromatic heterocycles. The van der Waals surface area contributed by atoms with Crippen molar-refractivity contribution < 1.29 is 9.90 Å². The SMILES string of the molecule is CN(C)c1ncc2c(n1)CCCC2NC(=O)c1ncccc1O. The number of nitrogens with one attached hydrogen (secondary N) is 1. The smallest absolute Gasteiger partial charge is 0.274 e. The molecule has 23 heavy (non-hydrogen) atoms. The van der Waals surface area contributed by atoms with Crippen LogP contribution in [0.3, 0.4) is 0 Å². The number of aryl methyl sites for hydroxylation is 1. The Hall–Kier alpha value is -2.70. The van der Waals surface area contributed by atoms with Gasteiger partial charge in [0, 0.05) is 32.1 Å². The van der Waals surface area contributed by atoms with Crippen molar-refractivity contribution in [2.75, 3.05) is 19.0 Å². The Balaban J connectivity index is 1.83. The molecule has 1 aliphatic rings. The summed E-state index contributed by atoms with van der Waals surface area (Å²) in [7, 11) is 3.79. The monoisotopic (exact) mass is 313 g/mol. The van der Waals surface area contributed by atoms with Gasteiger partial charge in [-0.15, -0.1) is 0 Å². The van der Waals surface area contributed by atoms with Crippen LogP contribution >= 0.6 is 0 Å². The third kappa shape index (κ3) is 3.08. The molecule has 2 heterocycles. The van der Waals surface area contributed by atoms with Crippen molar-refractivity contribution in [2.24, 2.45) is 0 Å². The second-order valence-electron chi connectivity index (χ2n) is 5.76. The summed E-state index contributed by atoms with van der Waals surface area (Å²) in [6, 6.07) is 2.87. The van der Waals surface area contributed by atoms with Crippen LogP contribution in [0.1, 0.15) is 40.6 Å². The van der Waals surface area contributed by atoms with E-state index in [9.17, 15) is 9.90 Å². The average molecular weight is 313 g/mol. The summed E-state index contributed by atoms with van der Waals surface area (Å²) in [4.78, 5) is 27.0. The zero-order valence-electron chi connectivity index (χ0n) is 13.2. The van der Waals surface area contributed by atoms with Gasteiger partial charge >= 0.3 is 0 Å². The lowest BCUT2D eigenvalue weighted by atomic mass is 9.92. The van der Waals surface area contributed by atoms with E-state index in [1.54, 1.807) is 12.3 Å². The molecule has 0 saturated carbocycles. The topological polar surface area (TPSA) is 91.2 Å². The molecule has 2 aromatic rings. The molecule has 120 valence electrons. The van der Waals surface area contributed by atoms with E-state index in [0.29, 0.717) is 5.95 Å². The fraction of sp³-hybridized carbons (Fsp3) is 0.375. The highest BCUT2D eigenvalue weighted by Gasteiger charge is 2.25. The first-order valence-electron chi connectivity index (χ1n) is 7.54. The maximum Gasteiger partial charge on any atom is 0.274 e. The maximum atomic E-state index is 12.3. The van der Waals surface area contributed by atoms with E-state index in [-0.39, 0.29) is 17.5 Å². The second-order valence-corrected chi connectivity index (χ2v) is 5.76. The van der Waals surface area contributed by atoms with Crippen molar-refractivity contribution in [3.63, 3.8) is 0 Å². The van der Waals surface area contributed by atoms with Gasteiger partial charge in [-0.2, -0.15) is 0 Å². The number of aromatic nitrogens is 3. The van der Waals surface area contributed by atoms with Gasteiger partial charge < -0.3 is 15.3 Å². The highest BCUT2D eigenvalue weighted by Crippen LogP contribution is 2.29. The van der Waals surface area contributed by atoms with Crippen LogP contribution in [0, 0.1) is 0 Å². The van der Waals surface area contributed by atoms with Crippen molar-refractivity contribution in [2.45, 2.75) is 25.3 Å². The second kappa shape index (κ2) is 6.20. The number of aromatic hydroxyl groups is 1. The molecule has 1 aliphatic carbocycles. The van der Waals surface area contributed by atoms with Gasteiger partial charge in [0.1, 0.15) is 5.75 Å². The quantitative estimate of drug-likeness (QED) is 0.891. The van der Waals surface area contributed by atoms with E-state index < -0.39 is 5.91 Å². The molecule has 7 nitrogen and oxygen atoms in total. The number of fused-ring (bicyclic) bond motifs is 1. The van der Waals surface area contributed by atoms with Crippen LogP contribution in [0.4, 0.5) is 5.95 Å². The summed E-state index contributed by atoms with van der Waals surface area (Å²) in [6.45, 7) is 0. The zero-order valence-corrected chi connectivity index (χ0v) is 13.2. The minimum Gasteiger partial charge on any atom is -0.505 e. The molecule has 7 heteroatoms. The minimum atomic E-state index is -0.391. The Kier molecular flexibility index (Phi) is 4.10. The van der Waals surface area contributed by atoms with Gasteiger partial charge in [-0.05, 0) is 31.4 Å². The van der Waals surface area contributed by atoms with Crippen LogP contribution in [0.25, 0.3) is 0 Å². The number of nitrogens with zero attached hydrogens (tertiary/aromatic N) is 4. The summed E-state index contributed by atoms with van der Waals surface area (Å²) < 4.78 is 0. The minimum absolute atomic E-state index is 0.0328. The predicted octanol–water partition coefficient (Wildman–Crippen LogP) is 1.45. The highest BCUT2D eigenvalue weighted by atomic mass is 16.3. The van der Waals surface area contributed by atoms with E-state index in [0.717, 1.165) is 30.5 Å². The van der Waals surface area contributed by atoms with Gasteiger partial charge in [0.2, 0.25) is 5.95 Å². The molecule has 1 unspecified atom stereocenters. The van der Waals surface area contributed by atoms with Gasteiger partial charge in [-0.25, -0.2) is 15.0 Å². The van der Waals surface area contributed by atoms with Crippen LogP contribution in [0.15, 0.2) is 24.5 Å². The lowest BCUT2D eigenvalue weighted by molar-refractivity contribution is 0.0924. The lowest BCUT2D eigenvalue weighted by Crippen LogP contribution is -2.32. The Morgan fingerprint density at radius 1 is 1.39 bits per heavy atom. The molecule has 0 spiro atoms. The number of amides is 1. The molecule has 3 rings (SSSR count). The number of carbonyl (C=O) groups is 1. The third-order valence-corrected chi connectivity index (χ3v) is 3.88. The number of hydrogen-bond acceptors (Lipinski definition) is 6. The number of carbonyl (C=O) groups excluding carboxylic acids is 1. The molecule has 2 N–H and O–H groups in total. The predicted molar refractivity (Wildman–Crippen MR) is 85.4 cm³/mol. The van der Waals surface area contributed by atoms with Gasteiger partial charge in [-0.3, -0.25) is 4.79 Å². The molecule has 0 aromatic carbocycles. The van der Waals surface area contributed by atoms with E-state index in [4.69, 9.17) is 0 Å². The van der Waals surface area contributed by atoms with Crippen LogP contribution in [-0.4, -0.2) is 40.1 Å². The van der Waals surface area contributed by atoms with Gasteiger partial charge in [0.25, 0.3) is 5.91 Å². The first kappa shape index (κ1) is 15.2. The van der Waals surface area contributed by atoms with Gasteiger partial charge in [-0.1, -0.05) is 0 Å². The van der Waals surface area contributed by atoms with Gasteiger partial charge in [0.15, 0.2) is 5.69 Å². The number of rotatable bonds is 3. The summed E-state index contributed by atoms with van der Waals surface area (Å²) in [5.74, 6) is 0.149. The summed E-state index contributed by atoms with van der Waals surface area (Å²) in [5, 5.41) is 12.7. The van der Waals surface area contributed by atoms with E-state index in [1.165, 1.54) is 12.3 Å². The molecular weight excluding hydrogens is 294 g/mol. The fourth-order valence-electron chi connectivity index (χ4n) is 2.70. The number of anilines is 1. The van der Waals surface area contributed by atoms with Crippen molar-refractivity contribution in [1.29, 1.82) is 0 Å². The van der Waals surface area contributed by atoms with E-state index in [2.05, 4.69) is 20.3 Å². The van der Waals surface area contributed by atoms with Crippen LogP contribution in [-0.2, 0) is 6.42 Å². The van der Waals surface area contributed by atoms with Gasteiger partial charge in [0.05, 0.1) is 11.7 Å². The van der Waals surface area contributed by atoms with Crippen molar-refractivity contribution in [1.82, 2.24) is 20.3 Å². The van der Waals surface area contributed by atoms with Crippen molar-refractivity contribution >= 4 is 11.9 Å². The molecule has 0 fully saturated rings. The molecule has 0 saturated heterocycles. The summed E-state index contributed by atoms with van der Waals surface area (Å²) >= 11 is 0.